The lowest BCUT2D eigenvalue weighted by atomic mass is 10.2. The van der Waals surface area contributed by atoms with E-state index in [1.165, 1.54) is 30.5 Å². The first-order chi connectivity index (χ1) is 11.0. The predicted octanol–water partition coefficient (Wildman–Crippen LogP) is 3.88. The number of halogens is 3. The van der Waals surface area contributed by atoms with Crippen LogP contribution in [0.15, 0.2) is 41.5 Å². The van der Waals surface area contributed by atoms with Crippen molar-refractivity contribution in [1.29, 1.82) is 0 Å². The molecule has 0 radical (unpaired) electrons. The summed E-state index contributed by atoms with van der Waals surface area (Å²) in [6, 6.07) is 9.33. The normalized spacial score (nSPS) is 10.7. The number of carbonyl (C=O) groups excluding carboxylic acids is 1. The van der Waals surface area contributed by atoms with Crippen molar-refractivity contribution >= 4 is 46.9 Å². The van der Waals surface area contributed by atoms with Gasteiger partial charge in [-0.15, -0.1) is 0 Å². The zero-order valence-electron chi connectivity index (χ0n) is 11.6. The van der Waals surface area contributed by atoms with E-state index < -0.39 is 5.91 Å². The van der Waals surface area contributed by atoms with Crippen LogP contribution in [0, 0.1) is 0 Å². The van der Waals surface area contributed by atoms with Gasteiger partial charge >= 0.3 is 0 Å². The number of carbonyl (C=O) groups is 1. The third-order valence-electron chi connectivity index (χ3n) is 2.58. The van der Waals surface area contributed by atoms with Crippen LogP contribution in [0.5, 0.6) is 11.5 Å². The molecule has 120 valence electrons. The van der Waals surface area contributed by atoms with Crippen molar-refractivity contribution in [2.45, 2.75) is 0 Å². The first-order valence-electron chi connectivity index (χ1n) is 6.34. The lowest BCUT2D eigenvalue weighted by Crippen LogP contribution is -2.24. The van der Waals surface area contributed by atoms with Gasteiger partial charge in [-0.25, -0.2) is 5.43 Å². The molecule has 0 spiro atoms. The number of ether oxygens (including phenoxy) is 1. The Morgan fingerprint density at radius 2 is 1.91 bits per heavy atom. The molecule has 0 saturated heterocycles. The van der Waals surface area contributed by atoms with E-state index >= 15 is 0 Å². The van der Waals surface area contributed by atoms with Crippen LogP contribution in [-0.4, -0.2) is 23.8 Å². The molecule has 0 aliphatic carbocycles. The Bertz CT molecular complexity index is 727. The minimum atomic E-state index is -0.497. The van der Waals surface area contributed by atoms with E-state index in [-0.39, 0.29) is 28.2 Å². The van der Waals surface area contributed by atoms with Crippen LogP contribution in [0.4, 0.5) is 0 Å². The highest BCUT2D eigenvalue weighted by molar-refractivity contribution is 6.40. The summed E-state index contributed by atoms with van der Waals surface area (Å²) in [4.78, 5) is 11.7. The van der Waals surface area contributed by atoms with E-state index in [0.29, 0.717) is 10.6 Å². The Morgan fingerprint density at radius 1 is 1.22 bits per heavy atom. The maximum absolute atomic E-state index is 11.7. The first-order valence-corrected chi connectivity index (χ1v) is 7.47. The Morgan fingerprint density at radius 3 is 2.57 bits per heavy atom. The second-order valence-corrected chi connectivity index (χ2v) is 5.63. The van der Waals surface area contributed by atoms with Crippen LogP contribution >= 0.6 is 34.8 Å². The fourth-order valence-electron chi connectivity index (χ4n) is 1.62. The van der Waals surface area contributed by atoms with Crippen LogP contribution in [0.25, 0.3) is 0 Å². The number of phenols is 1. The van der Waals surface area contributed by atoms with Crippen molar-refractivity contribution in [3.8, 4) is 11.5 Å². The van der Waals surface area contributed by atoms with Gasteiger partial charge in [0.1, 0.15) is 5.75 Å². The summed E-state index contributed by atoms with van der Waals surface area (Å²) in [5, 5.41) is 13.8. The predicted molar refractivity (Wildman–Crippen MR) is 90.8 cm³/mol. The number of hydrazone groups is 1. The van der Waals surface area contributed by atoms with Crippen molar-refractivity contribution in [3.05, 3.63) is 57.0 Å². The molecule has 0 atom stereocenters. The molecule has 0 aliphatic rings. The molecule has 2 rings (SSSR count). The van der Waals surface area contributed by atoms with Crippen molar-refractivity contribution in [1.82, 2.24) is 5.43 Å². The van der Waals surface area contributed by atoms with E-state index in [9.17, 15) is 9.90 Å². The smallest absolute Gasteiger partial charge is 0.277 e. The van der Waals surface area contributed by atoms with Crippen LogP contribution in [0.2, 0.25) is 15.1 Å². The molecule has 0 aliphatic heterocycles. The quantitative estimate of drug-likeness (QED) is 0.617. The molecule has 0 aromatic heterocycles. The average Bonchev–Trinajstić information content (AvgIpc) is 2.46. The molecule has 0 heterocycles. The van der Waals surface area contributed by atoms with Gasteiger partial charge in [0, 0.05) is 5.02 Å². The van der Waals surface area contributed by atoms with E-state index in [1.54, 1.807) is 12.1 Å². The minimum absolute atomic E-state index is 0.107. The summed E-state index contributed by atoms with van der Waals surface area (Å²) in [5.41, 5.74) is 2.92. The van der Waals surface area contributed by atoms with Crippen molar-refractivity contribution in [3.63, 3.8) is 0 Å². The number of aromatic hydroxyl groups is 1. The van der Waals surface area contributed by atoms with Gasteiger partial charge in [-0.1, -0.05) is 46.9 Å². The topological polar surface area (TPSA) is 70.9 Å². The number of phenolic OH excluding ortho intramolecular Hbond substituents is 1. The molecule has 0 bridgehead atoms. The summed E-state index contributed by atoms with van der Waals surface area (Å²) >= 11 is 17.7. The highest BCUT2D eigenvalue weighted by Crippen LogP contribution is 2.35. The zero-order valence-corrected chi connectivity index (χ0v) is 13.9. The summed E-state index contributed by atoms with van der Waals surface area (Å²) in [6.45, 7) is -0.321. The third kappa shape index (κ3) is 5.32. The van der Waals surface area contributed by atoms with Gasteiger partial charge in [-0.05, 0) is 29.8 Å². The number of nitrogens with zero attached hydrogens (tertiary/aromatic N) is 1. The van der Waals surface area contributed by atoms with E-state index in [0.717, 1.165) is 0 Å². The number of amides is 1. The van der Waals surface area contributed by atoms with E-state index in [4.69, 9.17) is 39.5 Å². The van der Waals surface area contributed by atoms with Gasteiger partial charge in [0.25, 0.3) is 5.91 Å². The molecule has 23 heavy (non-hydrogen) atoms. The lowest BCUT2D eigenvalue weighted by molar-refractivity contribution is -0.123. The van der Waals surface area contributed by atoms with Crippen LogP contribution in [0.3, 0.4) is 0 Å². The van der Waals surface area contributed by atoms with Gasteiger partial charge in [-0.3, -0.25) is 4.79 Å². The highest BCUT2D eigenvalue weighted by Gasteiger charge is 2.11. The summed E-state index contributed by atoms with van der Waals surface area (Å²) in [5.74, 6) is -0.219. The molecular formula is C15H11Cl3N2O3. The largest absolute Gasteiger partial charge is 0.508 e. The summed E-state index contributed by atoms with van der Waals surface area (Å²) in [7, 11) is 0. The molecule has 0 saturated carbocycles. The molecule has 2 aromatic carbocycles. The second-order valence-electron chi connectivity index (χ2n) is 4.38. The standard InChI is InChI=1S/C15H11Cl3N2O3/c16-10-5-12(17)15(13(18)6-10)23-8-14(22)20-19-7-9-2-1-3-11(21)4-9/h1-7,21H,8H2,(H,20,22)/b19-7+. The molecule has 1 amide bonds. The minimum Gasteiger partial charge on any atom is -0.508 e. The fraction of sp³-hybridized carbons (Fsp3) is 0.0667. The lowest BCUT2D eigenvalue weighted by Gasteiger charge is -2.09. The van der Waals surface area contributed by atoms with Crippen molar-refractivity contribution in [2.24, 2.45) is 5.10 Å². The second kappa shape index (κ2) is 8.06. The van der Waals surface area contributed by atoms with E-state index in [2.05, 4.69) is 10.5 Å². The molecule has 0 fully saturated rings. The number of hydrogen-bond donors (Lipinski definition) is 2. The summed E-state index contributed by atoms with van der Waals surface area (Å²) < 4.78 is 5.26. The third-order valence-corrected chi connectivity index (χ3v) is 3.36. The molecule has 8 heteroatoms. The van der Waals surface area contributed by atoms with Crippen LogP contribution < -0.4 is 10.2 Å². The van der Waals surface area contributed by atoms with Gasteiger partial charge in [0.15, 0.2) is 12.4 Å². The fourth-order valence-corrected chi connectivity index (χ4v) is 2.55. The monoisotopic (exact) mass is 372 g/mol. The Kier molecular flexibility index (Phi) is 6.10. The van der Waals surface area contributed by atoms with Gasteiger partial charge in [0.2, 0.25) is 0 Å². The summed E-state index contributed by atoms with van der Waals surface area (Å²) in [6.07, 6.45) is 1.39. The number of benzene rings is 2. The molecule has 5 nitrogen and oxygen atoms in total. The number of hydrogen-bond acceptors (Lipinski definition) is 4. The molecular weight excluding hydrogens is 363 g/mol. The molecule has 2 aromatic rings. The number of nitrogens with one attached hydrogen (secondary N) is 1. The Hall–Kier alpha value is -1.95. The maximum Gasteiger partial charge on any atom is 0.277 e. The first kappa shape index (κ1) is 17.4. The SMILES string of the molecule is O=C(COc1c(Cl)cc(Cl)cc1Cl)N/N=C/c1cccc(O)c1. The van der Waals surface area contributed by atoms with Crippen LogP contribution in [0.1, 0.15) is 5.56 Å². The Labute approximate surface area is 147 Å². The zero-order chi connectivity index (χ0) is 16.8. The molecule has 0 unspecified atom stereocenters. The van der Waals surface area contributed by atoms with Crippen molar-refractivity contribution < 1.29 is 14.6 Å². The Balaban J connectivity index is 1.88. The number of rotatable bonds is 5. The van der Waals surface area contributed by atoms with Gasteiger partial charge in [-0.2, -0.15) is 5.10 Å². The van der Waals surface area contributed by atoms with Crippen LogP contribution in [-0.2, 0) is 4.79 Å². The molecule has 2 N–H and O–H groups in total. The van der Waals surface area contributed by atoms with Gasteiger partial charge < -0.3 is 9.84 Å². The van der Waals surface area contributed by atoms with E-state index in [1.807, 2.05) is 0 Å². The van der Waals surface area contributed by atoms with Crippen molar-refractivity contribution in [2.75, 3.05) is 6.61 Å². The van der Waals surface area contributed by atoms with Gasteiger partial charge in [0.05, 0.1) is 16.3 Å². The average molecular weight is 374 g/mol. The maximum atomic E-state index is 11.7. The highest BCUT2D eigenvalue weighted by atomic mass is 35.5.